The van der Waals surface area contributed by atoms with Crippen LogP contribution in [-0.2, 0) is 13.0 Å². The Kier molecular flexibility index (Phi) is 6.28. The van der Waals surface area contributed by atoms with E-state index in [9.17, 15) is 4.79 Å². The lowest BCUT2D eigenvalue weighted by molar-refractivity contribution is 0.0953. The summed E-state index contributed by atoms with van der Waals surface area (Å²) in [6, 6.07) is 21.7. The van der Waals surface area contributed by atoms with E-state index in [0.29, 0.717) is 48.4 Å². The highest BCUT2D eigenvalue weighted by Crippen LogP contribution is 2.22. The van der Waals surface area contributed by atoms with Crippen LogP contribution in [0.5, 0.6) is 0 Å². The lowest BCUT2D eigenvalue weighted by Crippen LogP contribution is -2.25. The van der Waals surface area contributed by atoms with Crippen molar-refractivity contribution >= 4 is 11.7 Å². The number of aromatic nitrogens is 4. The normalized spacial score (nSPS) is 10.6. The van der Waals surface area contributed by atoms with Gasteiger partial charge in [-0.3, -0.25) is 14.6 Å². The Morgan fingerprint density at radius 2 is 1.84 bits per heavy atom. The van der Waals surface area contributed by atoms with Gasteiger partial charge in [0.2, 0.25) is 0 Å². The van der Waals surface area contributed by atoms with E-state index in [1.807, 2.05) is 60.7 Å². The van der Waals surface area contributed by atoms with Crippen molar-refractivity contribution in [1.29, 1.82) is 5.26 Å². The number of nitrogen functional groups attached to an aromatic ring is 1. The number of hydrogen-bond acceptors (Lipinski definition) is 5. The molecule has 0 unspecified atom stereocenters. The van der Waals surface area contributed by atoms with Crippen LogP contribution >= 0.6 is 0 Å². The fourth-order valence-corrected chi connectivity index (χ4v) is 3.51. The minimum absolute atomic E-state index is 0.187. The molecule has 4 aromatic rings. The van der Waals surface area contributed by atoms with Crippen LogP contribution in [0.25, 0.3) is 11.3 Å². The van der Waals surface area contributed by atoms with E-state index in [1.54, 1.807) is 10.9 Å². The molecule has 0 atom stereocenters. The first kappa shape index (κ1) is 20.9. The van der Waals surface area contributed by atoms with Gasteiger partial charge in [-0.05, 0) is 18.4 Å². The zero-order valence-corrected chi connectivity index (χ0v) is 17.5. The number of benzene rings is 2. The van der Waals surface area contributed by atoms with Crippen LogP contribution < -0.4 is 11.1 Å². The molecule has 0 radical (unpaired) electrons. The molecule has 2 aromatic heterocycles. The highest BCUT2D eigenvalue weighted by atomic mass is 16.1. The Morgan fingerprint density at radius 1 is 1.12 bits per heavy atom. The van der Waals surface area contributed by atoms with Crippen molar-refractivity contribution in [1.82, 2.24) is 25.3 Å². The molecule has 0 aliphatic rings. The van der Waals surface area contributed by atoms with E-state index in [2.05, 4.69) is 21.6 Å². The Balaban J connectivity index is 1.47. The third-order valence-electron chi connectivity index (χ3n) is 5.11. The van der Waals surface area contributed by atoms with Crippen LogP contribution in [0.1, 0.15) is 33.6 Å². The molecule has 4 N–H and O–H groups in total. The van der Waals surface area contributed by atoms with Gasteiger partial charge in [-0.2, -0.15) is 15.5 Å². The Bertz CT molecular complexity index is 1240. The second-order valence-electron chi connectivity index (χ2n) is 7.37. The summed E-state index contributed by atoms with van der Waals surface area (Å²) in [6.45, 7) is 1.02. The van der Waals surface area contributed by atoms with Crippen LogP contribution in [0.2, 0.25) is 0 Å². The van der Waals surface area contributed by atoms with Crippen molar-refractivity contribution in [2.24, 2.45) is 0 Å². The van der Waals surface area contributed by atoms with E-state index < -0.39 is 0 Å². The lowest BCUT2D eigenvalue weighted by atomic mass is 10.1. The number of nitrogens with zero attached hydrogens (tertiary/aromatic N) is 4. The van der Waals surface area contributed by atoms with Gasteiger partial charge < -0.3 is 11.1 Å². The number of hydrogen-bond donors (Lipinski definition) is 3. The van der Waals surface area contributed by atoms with Crippen molar-refractivity contribution in [2.45, 2.75) is 19.4 Å². The maximum Gasteiger partial charge on any atom is 0.255 e. The number of H-pyrrole nitrogens is 1. The number of aryl methyl sites for hydroxylation is 1. The van der Waals surface area contributed by atoms with Gasteiger partial charge in [0, 0.05) is 18.3 Å². The summed E-state index contributed by atoms with van der Waals surface area (Å²) in [5, 5.41) is 23.5. The summed E-state index contributed by atoms with van der Waals surface area (Å²) in [5.74, 6) is 0.0117. The van der Waals surface area contributed by atoms with Gasteiger partial charge >= 0.3 is 0 Å². The van der Waals surface area contributed by atoms with Gasteiger partial charge in [-0.15, -0.1) is 0 Å². The maximum atomic E-state index is 13.0. The third kappa shape index (κ3) is 4.68. The smallest absolute Gasteiger partial charge is 0.255 e. The molecule has 2 aromatic carbocycles. The molecular weight excluding hydrogens is 402 g/mol. The van der Waals surface area contributed by atoms with E-state index in [0.717, 1.165) is 11.1 Å². The SMILES string of the molecule is N#Cc1c(N)n[nH]c1CCCNC(=O)c1cn(Cc2ccccc2)nc1-c1ccccc1. The number of aromatic amines is 1. The largest absolute Gasteiger partial charge is 0.381 e. The van der Waals surface area contributed by atoms with Crippen molar-refractivity contribution in [2.75, 3.05) is 12.3 Å². The standard InChI is InChI=1S/C24H23N7O/c25-14-19-21(28-29-23(19)26)12-7-13-27-24(32)20-16-31(15-17-8-3-1-4-9-17)30-22(20)18-10-5-2-6-11-18/h1-6,8-11,16H,7,12-13,15H2,(H,27,32)(H3,26,28,29). The van der Waals surface area contributed by atoms with Gasteiger partial charge in [-0.1, -0.05) is 60.7 Å². The minimum Gasteiger partial charge on any atom is -0.381 e. The summed E-state index contributed by atoms with van der Waals surface area (Å²) < 4.78 is 1.79. The molecule has 0 spiro atoms. The van der Waals surface area contributed by atoms with Crippen molar-refractivity contribution in [3.05, 3.63) is 89.2 Å². The second-order valence-corrected chi connectivity index (χ2v) is 7.37. The fourth-order valence-electron chi connectivity index (χ4n) is 3.51. The molecule has 0 fully saturated rings. The molecule has 0 aliphatic carbocycles. The first-order valence-corrected chi connectivity index (χ1v) is 10.3. The first-order chi connectivity index (χ1) is 15.7. The summed E-state index contributed by atoms with van der Waals surface area (Å²) in [6.07, 6.45) is 2.99. The van der Waals surface area contributed by atoms with E-state index in [1.165, 1.54) is 0 Å². The zero-order valence-electron chi connectivity index (χ0n) is 17.5. The van der Waals surface area contributed by atoms with E-state index >= 15 is 0 Å². The van der Waals surface area contributed by atoms with Gasteiger partial charge in [0.15, 0.2) is 5.82 Å². The number of anilines is 1. The average Bonchev–Trinajstić information content (AvgIpc) is 3.41. The molecule has 1 amide bonds. The monoisotopic (exact) mass is 425 g/mol. The van der Waals surface area contributed by atoms with Crippen LogP contribution in [0, 0.1) is 11.3 Å². The number of amides is 1. The molecule has 2 heterocycles. The number of carbonyl (C=O) groups excluding carboxylic acids is 1. The molecule has 0 saturated carbocycles. The number of carbonyl (C=O) groups is 1. The summed E-state index contributed by atoms with van der Waals surface area (Å²) in [7, 11) is 0. The van der Waals surface area contributed by atoms with Crippen LogP contribution in [0.4, 0.5) is 5.82 Å². The van der Waals surface area contributed by atoms with Crippen LogP contribution in [-0.4, -0.2) is 32.4 Å². The van der Waals surface area contributed by atoms with Crippen molar-refractivity contribution < 1.29 is 4.79 Å². The molecular formula is C24H23N7O. The van der Waals surface area contributed by atoms with Gasteiger partial charge in [0.25, 0.3) is 5.91 Å². The Labute approximate surface area is 185 Å². The summed E-state index contributed by atoms with van der Waals surface area (Å²) in [5.41, 5.74) is 9.87. The van der Waals surface area contributed by atoms with E-state index in [-0.39, 0.29) is 11.7 Å². The summed E-state index contributed by atoms with van der Waals surface area (Å²) >= 11 is 0. The molecule has 0 bridgehead atoms. The van der Waals surface area contributed by atoms with E-state index in [4.69, 9.17) is 16.1 Å². The topological polar surface area (TPSA) is 125 Å². The molecule has 0 saturated heterocycles. The van der Waals surface area contributed by atoms with Crippen LogP contribution in [0.15, 0.2) is 66.9 Å². The molecule has 32 heavy (non-hydrogen) atoms. The quantitative estimate of drug-likeness (QED) is 0.374. The van der Waals surface area contributed by atoms with Crippen molar-refractivity contribution in [3.8, 4) is 17.3 Å². The third-order valence-corrected chi connectivity index (χ3v) is 5.11. The predicted molar refractivity (Wildman–Crippen MR) is 122 cm³/mol. The molecule has 8 heteroatoms. The summed E-state index contributed by atoms with van der Waals surface area (Å²) in [4.78, 5) is 13.0. The molecule has 0 aliphatic heterocycles. The number of nitrogens with one attached hydrogen (secondary N) is 2. The number of rotatable bonds is 8. The van der Waals surface area contributed by atoms with Gasteiger partial charge in [0.1, 0.15) is 17.3 Å². The molecule has 8 nitrogen and oxygen atoms in total. The zero-order chi connectivity index (χ0) is 22.3. The molecule has 160 valence electrons. The molecule has 4 rings (SSSR count). The predicted octanol–water partition coefficient (Wildman–Crippen LogP) is 3.14. The second kappa shape index (κ2) is 9.62. The Hall–Kier alpha value is -4.38. The number of nitriles is 1. The van der Waals surface area contributed by atoms with Crippen molar-refractivity contribution in [3.63, 3.8) is 0 Å². The highest BCUT2D eigenvalue weighted by Gasteiger charge is 2.18. The fraction of sp³-hybridized carbons (Fsp3) is 0.167. The van der Waals surface area contributed by atoms with Gasteiger partial charge in [-0.25, -0.2) is 0 Å². The Morgan fingerprint density at radius 3 is 2.56 bits per heavy atom. The van der Waals surface area contributed by atoms with Gasteiger partial charge in [0.05, 0.1) is 17.8 Å². The maximum absolute atomic E-state index is 13.0. The lowest BCUT2D eigenvalue weighted by Gasteiger charge is -2.05. The number of nitrogens with two attached hydrogens (primary N) is 1. The first-order valence-electron chi connectivity index (χ1n) is 10.3. The minimum atomic E-state index is -0.187. The average molecular weight is 425 g/mol. The highest BCUT2D eigenvalue weighted by molar-refractivity contribution is 5.99. The van der Waals surface area contributed by atoms with Crippen LogP contribution in [0.3, 0.4) is 0 Å².